The lowest BCUT2D eigenvalue weighted by Gasteiger charge is -2.31. The predicted molar refractivity (Wildman–Crippen MR) is 66.8 cm³/mol. The first-order valence-electron chi connectivity index (χ1n) is 6.06. The van der Waals surface area contributed by atoms with E-state index >= 15 is 0 Å². The van der Waals surface area contributed by atoms with Crippen LogP contribution in [0.25, 0.3) is 11.0 Å². The smallest absolute Gasteiger partial charge is 0.136 e. The molecule has 1 saturated heterocycles. The van der Waals surface area contributed by atoms with Crippen LogP contribution >= 0.6 is 0 Å². The summed E-state index contributed by atoms with van der Waals surface area (Å²) < 4.78 is 5.60. The molecule has 2 heterocycles. The van der Waals surface area contributed by atoms with Crippen molar-refractivity contribution in [2.75, 3.05) is 18.0 Å². The molecule has 2 aromatic rings. The second-order valence-corrected chi connectivity index (χ2v) is 4.81. The van der Waals surface area contributed by atoms with Crippen LogP contribution in [0.2, 0.25) is 0 Å². The van der Waals surface area contributed by atoms with Gasteiger partial charge in [-0.05, 0) is 30.9 Å². The second kappa shape index (κ2) is 3.85. The first-order chi connectivity index (χ1) is 7.84. The minimum atomic E-state index is 0.794. The highest BCUT2D eigenvalue weighted by molar-refractivity contribution is 5.90. The molecule has 0 bridgehead atoms. The molecule has 3 rings (SSSR count). The summed E-state index contributed by atoms with van der Waals surface area (Å²) in [6, 6.07) is 8.28. The fourth-order valence-electron chi connectivity index (χ4n) is 2.62. The predicted octanol–water partition coefficient (Wildman–Crippen LogP) is 3.67. The van der Waals surface area contributed by atoms with Crippen LogP contribution in [0.3, 0.4) is 0 Å². The number of furan rings is 1. The highest BCUT2D eigenvalue weighted by Crippen LogP contribution is 2.31. The van der Waals surface area contributed by atoms with Crippen LogP contribution in [0.5, 0.6) is 0 Å². The van der Waals surface area contributed by atoms with Gasteiger partial charge in [0.15, 0.2) is 0 Å². The number of fused-ring (bicyclic) bond motifs is 1. The van der Waals surface area contributed by atoms with Crippen LogP contribution in [0.15, 0.2) is 34.9 Å². The number of rotatable bonds is 1. The molecule has 84 valence electrons. The Kier molecular flexibility index (Phi) is 2.35. The Morgan fingerprint density at radius 2 is 2.19 bits per heavy atom. The van der Waals surface area contributed by atoms with E-state index < -0.39 is 0 Å². The first kappa shape index (κ1) is 9.76. The molecule has 2 heteroatoms. The number of para-hydroxylation sites is 1. The van der Waals surface area contributed by atoms with Crippen molar-refractivity contribution in [1.82, 2.24) is 0 Å². The molecule has 0 spiro atoms. The topological polar surface area (TPSA) is 16.4 Å². The zero-order chi connectivity index (χ0) is 11.0. The van der Waals surface area contributed by atoms with E-state index in [2.05, 4.69) is 24.0 Å². The maximum absolute atomic E-state index is 5.60. The average molecular weight is 215 g/mol. The van der Waals surface area contributed by atoms with Crippen molar-refractivity contribution in [3.8, 4) is 0 Å². The van der Waals surface area contributed by atoms with Gasteiger partial charge in [0.2, 0.25) is 0 Å². The van der Waals surface area contributed by atoms with Crippen molar-refractivity contribution in [2.24, 2.45) is 5.92 Å². The molecule has 1 aromatic carbocycles. The Bertz CT molecular complexity index is 488. The Labute approximate surface area is 95.9 Å². The van der Waals surface area contributed by atoms with E-state index in [1.807, 2.05) is 18.4 Å². The maximum Gasteiger partial charge on any atom is 0.136 e. The second-order valence-electron chi connectivity index (χ2n) is 4.81. The molecule has 0 radical (unpaired) electrons. The van der Waals surface area contributed by atoms with E-state index in [4.69, 9.17) is 4.42 Å². The molecule has 16 heavy (non-hydrogen) atoms. The summed E-state index contributed by atoms with van der Waals surface area (Å²) in [6.45, 7) is 4.64. The SMILES string of the molecule is CC1CCCN(c2coc3ccccc23)C1. The van der Waals surface area contributed by atoms with Gasteiger partial charge < -0.3 is 9.32 Å². The van der Waals surface area contributed by atoms with E-state index in [-0.39, 0.29) is 0 Å². The van der Waals surface area contributed by atoms with Gasteiger partial charge in [0, 0.05) is 18.5 Å². The van der Waals surface area contributed by atoms with E-state index in [9.17, 15) is 0 Å². The van der Waals surface area contributed by atoms with E-state index in [0.29, 0.717) is 0 Å². The summed E-state index contributed by atoms with van der Waals surface area (Å²) in [5.41, 5.74) is 2.26. The summed E-state index contributed by atoms with van der Waals surface area (Å²) in [6.07, 6.45) is 4.55. The minimum absolute atomic E-state index is 0.794. The van der Waals surface area contributed by atoms with Crippen LogP contribution < -0.4 is 4.90 Å². The van der Waals surface area contributed by atoms with Gasteiger partial charge in [0.1, 0.15) is 11.8 Å². The molecule has 2 nitrogen and oxygen atoms in total. The molecule has 1 unspecified atom stereocenters. The van der Waals surface area contributed by atoms with Crippen molar-refractivity contribution in [1.29, 1.82) is 0 Å². The Morgan fingerprint density at radius 3 is 3.06 bits per heavy atom. The van der Waals surface area contributed by atoms with Crippen molar-refractivity contribution in [3.63, 3.8) is 0 Å². The van der Waals surface area contributed by atoms with Crippen molar-refractivity contribution >= 4 is 16.7 Å². The quantitative estimate of drug-likeness (QED) is 0.721. The van der Waals surface area contributed by atoms with Gasteiger partial charge in [0.25, 0.3) is 0 Å². The highest BCUT2D eigenvalue weighted by atomic mass is 16.3. The lowest BCUT2D eigenvalue weighted by Crippen LogP contribution is -2.33. The molecular weight excluding hydrogens is 198 g/mol. The van der Waals surface area contributed by atoms with Crippen LogP contribution in [0.4, 0.5) is 5.69 Å². The van der Waals surface area contributed by atoms with Gasteiger partial charge in [-0.1, -0.05) is 19.1 Å². The van der Waals surface area contributed by atoms with E-state index in [1.54, 1.807) is 0 Å². The van der Waals surface area contributed by atoms with Gasteiger partial charge in [-0.2, -0.15) is 0 Å². The number of nitrogens with zero attached hydrogens (tertiary/aromatic N) is 1. The maximum atomic E-state index is 5.60. The Morgan fingerprint density at radius 1 is 1.31 bits per heavy atom. The van der Waals surface area contributed by atoms with Crippen LogP contribution in [-0.2, 0) is 0 Å². The van der Waals surface area contributed by atoms with Crippen LogP contribution in [0, 0.1) is 5.92 Å². The molecule has 0 amide bonds. The van der Waals surface area contributed by atoms with Crippen LogP contribution in [0.1, 0.15) is 19.8 Å². The third-order valence-corrected chi connectivity index (χ3v) is 3.46. The average Bonchev–Trinajstić information content (AvgIpc) is 2.72. The number of benzene rings is 1. The van der Waals surface area contributed by atoms with Crippen molar-refractivity contribution < 1.29 is 4.42 Å². The first-order valence-corrected chi connectivity index (χ1v) is 6.06. The number of anilines is 1. The highest BCUT2D eigenvalue weighted by Gasteiger charge is 2.19. The molecule has 1 atom stereocenters. The van der Waals surface area contributed by atoms with Gasteiger partial charge in [-0.25, -0.2) is 0 Å². The van der Waals surface area contributed by atoms with Crippen molar-refractivity contribution in [3.05, 3.63) is 30.5 Å². The minimum Gasteiger partial charge on any atom is -0.462 e. The van der Waals surface area contributed by atoms with E-state index in [0.717, 1.165) is 24.6 Å². The largest absolute Gasteiger partial charge is 0.462 e. The monoisotopic (exact) mass is 215 g/mol. The fourth-order valence-corrected chi connectivity index (χ4v) is 2.62. The molecule has 1 aliphatic heterocycles. The van der Waals surface area contributed by atoms with E-state index in [1.165, 1.54) is 23.9 Å². The lowest BCUT2D eigenvalue weighted by atomic mass is 10.00. The molecule has 1 aromatic heterocycles. The summed E-state index contributed by atoms with van der Waals surface area (Å²) in [5.74, 6) is 0.794. The van der Waals surface area contributed by atoms with Gasteiger partial charge >= 0.3 is 0 Å². The third kappa shape index (κ3) is 1.58. The summed E-state index contributed by atoms with van der Waals surface area (Å²) >= 11 is 0. The molecule has 1 aliphatic rings. The lowest BCUT2D eigenvalue weighted by molar-refractivity contribution is 0.446. The summed E-state index contributed by atoms with van der Waals surface area (Å²) in [5, 5.41) is 1.25. The zero-order valence-electron chi connectivity index (χ0n) is 9.65. The number of piperidine rings is 1. The Hall–Kier alpha value is -1.44. The number of hydrogen-bond acceptors (Lipinski definition) is 2. The summed E-state index contributed by atoms with van der Waals surface area (Å²) in [7, 11) is 0. The van der Waals surface area contributed by atoms with Crippen molar-refractivity contribution in [2.45, 2.75) is 19.8 Å². The van der Waals surface area contributed by atoms with Crippen LogP contribution in [-0.4, -0.2) is 13.1 Å². The number of hydrogen-bond donors (Lipinski definition) is 0. The zero-order valence-corrected chi connectivity index (χ0v) is 9.65. The standard InChI is InChI=1S/C14H17NO/c1-11-5-4-8-15(9-11)13-10-16-14-7-3-2-6-12(13)14/h2-3,6-7,10-11H,4-5,8-9H2,1H3. The third-order valence-electron chi connectivity index (χ3n) is 3.46. The molecule has 0 N–H and O–H groups in total. The summed E-state index contributed by atoms with van der Waals surface area (Å²) in [4.78, 5) is 2.46. The molecule has 0 saturated carbocycles. The molecular formula is C14H17NO. The van der Waals surface area contributed by atoms with Gasteiger partial charge in [-0.15, -0.1) is 0 Å². The normalized spacial score (nSPS) is 21.6. The Balaban J connectivity index is 1.99. The van der Waals surface area contributed by atoms with Gasteiger partial charge in [-0.3, -0.25) is 0 Å². The fraction of sp³-hybridized carbons (Fsp3) is 0.429. The molecule has 1 fully saturated rings. The van der Waals surface area contributed by atoms with Gasteiger partial charge in [0.05, 0.1) is 5.69 Å². The molecule has 0 aliphatic carbocycles.